The standard InChI is InChI=1S/C15H30N2/c1-3-5-11-17(14-6-7-14)13-15(8-4-2)9-10-16-12-15/h14,16H,3-13H2,1-2H3. The van der Waals surface area contributed by atoms with Crippen molar-refractivity contribution in [2.45, 2.75) is 64.8 Å². The van der Waals surface area contributed by atoms with Gasteiger partial charge in [0.05, 0.1) is 0 Å². The van der Waals surface area contributed by atoms with Gasteiger partial charge in [0, 0.05) is 19.1 Å². The highest BCUT2D eigenvalue weighted by molar-refractivity contribution is 4.94. The number of nitrogens with one attached hydrogen (secondary N) is 1. The van der Waals surface area contributed by atoms with E-state index in [4.69, 9.17) is 0 Å². The van der Waals surface area contributed by atoms with Gasteiger partial charge in [0.15, 0.2) is 0 Å². The minimum Gasteiger partial charge on any atom is -0.316 e. The molecule has 2 nitrogen and oxygen atoms in total. The molecule has 1 atom stereocenters. The second-order valence-electron chi connectivity index (χ2n) is 6.23. The Balaban J connectivity index is 1.89. The Labute approximate surface area is 107 Å². The molecule has 1 unspecified atom stereocenters. The average Bonchev–Trinajstić information content (AvgIpc) is 3.07. The predicted molar refractivity (Wildman–Crippen MR) is 74.3 cm³/mol. The molecular formula is C15H30N2. The second-order valence-corrected chi connectivity index (χ2v) is 6.23. The highest BCUT2D eigenvalue weighted by Crippen LogP contribution is 2.36. The van der Waals surface area contributed by atoms with Gasteiger partial charge in [-0.1, -0.05) is 26.7 Å². The van der Waals surface area contributed by atoms with Crippen molar-refractivity contribution in [2.24, 2.45) is 5.41 Å². The van der Waals surface area contributed by atoms with Gasteiger partial charge in [0.1, 0.15) is 0 Å². The van der Waals surface area contributed by atoms with Crippen LogP contribution in [-0.2, 0) is 0 Å². The fourth-order valence-corrected chi connectivity index (χ4v) is 3.38. The minimum absolute atomic E-state index is 0.602. The van der Waals surface area contributed by atoms with Gasteiger partial charge < -0.3 is 5.32 Å². The fourth-order valence-electron chi connectivity index (χ4n) is 3.38. The van der Waals surface area contributed by atoms with Crippen LogP contribution in [0, 0.1) is 5.41 Å². The summed E-state index contributed by atoms with van der Waals surface area (Å²) in [5.74, 6) is 0. The van der Waals surface area contributed by atoms with Crippen molar-refractivity contribution in [1.82, 2.24) is 10.2 Å². The van der Waals surface area contributed by atoms with Crippen LogP contribution in [0.2, 0.25) is 0 Å². The van der Waals surface area contributed by atoms with E-state index < -0.39 is 0 Å². The van der Waals surface area contributed by atoms with Gasteiger partial charge >= 0.3 is 0 Å². The van der Waals surface area contributed by atoms with E-state index >= 15 is 0 Å². The molecule has 0 aromatic carbocycles. The van der Waals surface area contributed by atoms with Crippen molar-refractivity contribution in [2.75, 3.05) is 26.2 Å². The van der Waals surface area contributed by atoms with Gasteiger partial charge in [0.2, 0.25) is 0 Å². The molecule has 1 saturated carbocycles. The van der Waals surface area contributed by atoms with Crippen LogP contribution in [0.4, 0.5) is 0 Å². The Kier molecular flexibility index (Phi) is 4.87. The second kappa shape index (κ2) is 6.19. The minimum atomic E-state index is 0.602. The van der Waals surface area contributed by atoms with E-state index in [0.717, 1.165) is 6.04 Å². The molecule has 2 fully saturated rings. The SMILES string of the molecule is CCCCN(CC1(CCC)CCNC1)C1CC1. The number of rotatable bonds is 8. The number of hydrogen-bond donors (Lipinski definition) is 1. The molecule has 2 heteroatoms. The van der Waals surface area contributed by atoms with Gasteiger partial charge in [0.25, 0.3) is 0 Å². The van der Waals surface area contributed by atoms with Crippen LogP contribution >= 0.6 is 0 Å². The van der Waals surface area contributed by atoms with Gasteiger partial charge in [-0.05, 0) is 50.6 Å². The Morgan fingerprint density at radius 3 is 2.59 bits per heavy atom. The molecule has 1 N–H and O–H groups in total. The fraction of sp³-hybridized carbons (Fsp3) is 1.00. The summed E-state index contributed by atoms with van der Waals surface area (Å²) in [4.78, 5) is 2.81. The van der Waals surface area contributed by atoms with Crippen molar-refractivity contribution in [3.63, 3.8) is 0 Å². The lowest BCUT2D eigenvalue weighted by molar-refractivity contribution is 0.144. The number of hydrogen-bond acceptors (Lipinski definition) is 2. The molecule has 0 bridgehead atoms. The normalized spacial score (nSPS) is 29.1. The quantitative estimate of drug-likeness (QED) is 0.699. The predicted octanol–water partition coefficient (Wildman–Crippen LogP) is 3.03. The van der Waals surface area contributed by atoms with Crippen molar-refractivity contribution in [1.29, 1.82) is 0 Å². The van der Waals surface area contributed by atoms with E-state index in [2.05, 4.69) is 24.1 Å². The summed E-state index contributed by atoms with van der Waals surface area (Å²) in [7, 11) is 0. The lowest BCUT2D eigenvalue weighted by Crippen LogP contribution is -2.41. The molecule has 0 aromatic heterocycles. The van der Waals surface area contributed by atoms with Crippen LogP contribution in [0.15, 0.2) is 0 Å². The third-order valence-corrected chi connectivity index (χ3v) is 4.51. The van der Waals surface area contributed by atoms with E-state index in [-0.39, 0.29) is 0 Å². The van der Waals surface area contributed by atoms with E-state index in [1.54, 1.807) is 0 Å². The van der Waals surface area contributed by atoms with Crippen LogP contribution in [0.25, 0.3) is 0 Å². The van der Waals surface area contributed by atoms with Crippen LogP contribution in [0.5, 0.6) is 0 Å². The average molecular weight is 238 g/mol. The maximum Gasteiger partial charge on any atom is 0.00966 e. The molecule has 0 aromatic rings. The van der Waals surface area contributed by atoms with Crippen LogP contribution < -0.4 is 5.32 Å². The van der Waals surface area contributed by atoms with Gasteiger partial charge in [-0.25, -0.2) is 0 Å². The molecule has 0 radical (unpaired) electrons. The summed E-state index contributed by atoms with van der Waals surface area (Å²) in [6.07, 6.45) is 9.78. The van der Waals surface area contributed by atoms with Crippen molar-refractivity contribution < 1.29 is 0 Å². The molecular weight excluding hydrogens is 208 g/mol. The molecule has 100 valence electrons. The van der Waals surface area contributed by atoms with Crippen LogP contribution in [-0.4, -0.2) is 37.1 Å². The zero-order valence-corrected chi connectivity index (χ0v) is 11.8. The summed E-state index contributed by atoms with van der Waals surface area (Å²) in [5, 5.41) is 3.59. The Bertz CT molecular complexity index is 217. The number of unbranched alkanes of at least 4 members (excludes halogenated alkanes) is 1. The first-order valence-corrected chi connectivity index (χ1v) is 7.74. The molecule has 0 amide bonds. The van der Waals surface area contributed by atoms with E-state index in [0.29, 0.717) is 5.41 Å². The van der Waals surface area contributed by atoms with Crippen LogP contribution in [0.3, 0.4) is 0 Å². The molecule has 0 spiro atoms. The third-order valence-electron chi connectivity index (χ3n) is 4.51. The molecule has 2 rings (SSSR count). The van der Waals surface area contributed by atoms with Gasteiger partial charge in [-0.3, -0.25) is 4.90 Å². The molecule has 1 heterocycles. The highest BCUT2D eigenvalue weighted by atomic mass is 15.2. The molecule has 1 aliphatic carbocycles. The first kappa shape index (κ1) is 13.4. The molecule has 1 aliphatic heterocycles. The molecule has 2 aliphatic rings. The van der Waals surface area contributed by atoms with E-state index in [9.17, 15) is 0 Å². The summed E-state index contributed by atoms with van der Waals surface area (Å²) >= 11 is 0. The highest BCUT2D eigenvalue weighted by Gasteiger charge is 2.38. The smallest absolute Gasteiger partial charge is 0.00966 e. The zero-order chi connectivity index (χ0) is 12.1. The topological polar surface area (TPSA) is 15.3 Å². The summed E-state index contributed by atoms with van der Waals surface area (Å²) in [6, 6.07) is 0.941. The molecule has 1 saturated heterocycles. The summed E-state index contributed by atoms with van der Waals surface area (Å²) in [5.41, 5.74) is 0.602. The Hall–Kier alpha value is -0.0800. The van der Waals surface area contributed by atoms with Crippen molar-refractivity contribution in [3.8, 4) is 0 Å². The zero-order valence-electron chi connectivity index (χ0n) is 11.8. The largest absolute Gasteiger partial charge is 0.316 e. The van der Waals surface area contributed by atoms with Gasteiger partial charge in [-0.15, -0.1) is 0 Å². The first-order valence-electron chi connectivity index (χ1n) is 7.74. The third kappa shape index (κ3) is 3.69. The monoisotopic (exact) mass is 238 g/mol. The summed E-state index contributed by atoms with van der Waals surface area (Å²) < 4.78 is 0. The van der Waals surface area contributed by atoms with E-state index in [1.807, 2.05) is 0 Å². The lowest BCUT2D eigenvalue weighted by atomic mass is 9.82. The Morgan fingerprint density at radius 2 is 2.06 bits per heavy atom. The molecule has 17 heavy (non-hydrogen) atoms. The Morgan fingerprint density at radius 1 is 1.24 bits per heavy atom. The maximum atomic E-state index is 3.59. The van der Waals surface area contributed by atoms with Gasteiger partial charge in [-0.2, -0.15) is 0 Å². The lowest BCUT2D eigenvalue weighted by Gasteiger charge is -2.35. The van der Waals surface area contributed by atoms with Crippen molar-refractivity contribution >= 4 is 0 Å². The van der Waals surface area contributed by atoms with E-state index in [1.165, 1.54) is 71.1 Å². The maximum absolute atomic E-state index is 3.59. The summed E-state index contributed by atoms with van der Waals surface area (Å²) in [6.45, 7) is 9.85. The first-order chi connectivity index (χ1) is 8.29. The van der Waals surface area contributed by atoms with Crippen LogP contribution in [0.1, 0.15) is 58.8 Å². The number of nitrogens with zero attached hydrogens (tertiary/aromatic N) is 1. The van der Waals surface area contributed by atoms with Crippen molar-refractivity contribution in [3.05, 3.63) is 0 Å².